The van der Waals surface area contributed by atoms with Crippen LogP contribution in [0, 0.1) is 13.8 Å². The van der Waals surface area contributed by atoms with Gasteiger partial charge in [0, 0.05) is 44.4 Å². The van der Waals surface area contributed by atoms with E-state index in [1.165, 1.54) is 5.56 Å². The van der Waals surface area contributed by atoms with Gasteiger partial charge in [0.15, 0.2) is 0 Å². The molecule has 196 valence electrons. The van der Waals surface area contributed by atoms with Crippen molar-refractivity contribution in [3.63, 3.8) is 0 Å². The molecular weight excluding hydrogens is 476 g/mol. The van der Waals surface area contributed by atoms with Gasteiger partial charge in [0.1, 0.15) is 17.2 Å². The summed E-state index contributed by atoms with van der Waals surface area (Å²) in [6.07, 6.45) is 0. The van der Waals surface area contributed by atoms with Crippen molar-refractivity contribution in [2.75, 3.05) is 40.4 Å². The number of hydrogen-bond donors (Lipinski definition) is 0. The first-order valence-corrected chi connectivity index (χ1v) is 12.9. The van der Waals surface area contributed by atoms with E-state index in [0.29, 0.717) is 36.0 Å². The number of aryl methyl sites for hydroxylation is 2. The molecule has 0 radical (unpaired) electrons. The molecule has 2 heterocycles. The van der Waals surface area contributed by atoms with Crippen LogP contribution in [0.25, 0.3) is 16.9 Å². The van der Waals surface area contributed by atoms with Gasteiger partial charge in [-0.3, -0.25) is 9.69 Å². The lowest BCUT2D eigenvalue weighted by atomic mass is 10.1. The van der Waals surface area contributed by atoms with Crippen molar-refractivity contribution in [1.82, 2.24) is 19.6 Å². The summed E-state index contributed by atoms with van der Waals surface area (Å²) in [5.41, 5.74) is 6.43. The van der Waals surface area contributed by atoms with Crippen molar-refractivity contribution in [2.45, 2.75) is 20.4 Å². The van der Waals surface area contributed by atoms with Crippen molar-refractivity contribution < 1.29 is 14.3 Å². The molecule has 38 heavy (non-hydrogen) atoms. The second kappa shape index (κ2) is 11.1. The van der Waals surface area contributed by atoms with Crippen LogP contribution < -0.4 is 9.47 Å². The minimum Gasteiger partial charge on any atom is -0.497 e. The van der Waals surface area contributed by atoms with Gasteiger partial charge in [0.2, 0.25) is 0 Å². The number of nitrogens with zero attached hydrogens (tertiary/aromatic N) is 4. The van der Waals surface area contributed by atoms with Crippen molar-refractivity contribution in [3.8, 4) is 28.4 Å². The fourth-order valence-corrected chi connectivity index (χ4v) is 5.01. The number of amides is 1. The molecule has 0 aliphatic carbocycles. The Hall–Kier alpha value is -4.10. The maximum Gasteiger partial charge on any atom is 0.272 e. The van der Waals surface area contributed by atoms with Gasteiger partial charge >= 0.3 is 0 Å². The molecule has 0 bridgehead atoms. The van der Waals surface area contributed by atoms with Gasteiger partial charge < -0.3 is 14.4 Å². The third-order valence-corrected chi connectivity index (χ3v) is 7.10. The average Bonchev–Trinajstić information content (AvgIpc) is 3.38. The van der Waals surface area contributed by atoms with Crippen molar-refractivity contribution in [1.29, 1.82) is 0 Å². The number of carbonyl (C=O) groups is 1. The van der Waals surface area contributed by atoms with Gasteiger partial charge in [-0.05, 0) is 49.2 Å². The summed E-state index contributed by atoms with van der Waals surface area (Å²) in [6.45, 7) is 8.01. The molecule has 4 aromatic rings. The monoisotopic (exact) mass is 510 g/mol. The Balaban J connectivity index is 1.46. The fraction of sp³-hybridized carbons (Fsp3) is 0.290. The SMILES string of the molecule is COc1ccc(-c2cc(C(=O)N3CCN(Cc4ccccc4)CC3)n(-c3ccc(C)cc3C)n2)c(OC)c1. The Kier molecular flexibility index (Phi) is 7.47. The number of piperazine rings is 1. The highest BCUT2D eigenvalue weighted by Gasteiger charge is 2.27. The summed E-state index contributed by atoms with van der Waals surface area (Å²) in [7, 11) is 3.25. The zero-order valence-electron chi connectivity index (χ0n) is 22.5. The highest BCUT2D eigenvalue weighted by molar-refractivity contribution is 5.95. The van der Waals surface area contributed by atoms with Crippen LogP contribution in [0.2, 0.25) is 0 Å². The molecule has 1 aliphatic rings. The average molecular weight is 511 g/mol. The standard InChI is InChI=1S/C31H34N4O3/c1-22-10-13-28(23(2)18-22)35-29(20-27(32-35)26-12-11-25(37-3)19-30(26)38-4)31(36)34-16-14-33(15-17-34)21-24-8-6-5-7-9-24/h5-13,18-20H,14-17,21H2,1-4H3. The molecule has 0 spiro atoms. The number of methoxy groups -OCH3 is 2. The molecular formula is C31H34N4O3. The van der Waals surface area contributed by atoms with E-state index in [0.717, 1.165) is 42.0 Å². The van der Waals surface area contributed by atoms with Crippen LogP contribution in [0.1, 0.15) is 27.2 Å². The third kappa shape index (κ3) is 5.29. The molecule has 3 aromatic carbocycles. The van der Waals surface area contributed by atoms with E-state index in [2.05, 4.69) is 42.2 Å². The summed E-state index contributed by atoms with van der Waals surface area (Å²) >= 11 is 0. The molecule has 0 atom stereocenters. The molecule has 0 unspecified atom stereocenters. The Bertz CT molecular complexity index is 1420. The summed E-state index contributed by atoms with van der Waals surface area (Å²) in [5.74, 6) is 1.32. The van der Waals surface area contributed by atoms with Gasteiger partial charge in [-0.2, -0.15) is 5.10 Å². The van der Waals surface area contributed by atoms with Gasteiger partial charge in [-0.15, -0.1) is 0 Å². The normalized spacial score (nSPS) is 13.9. The van der Waals surface area contributed by atoms with E-state index in [1.807, 2.05) is 54.3 Å². The van der Waals surface area contributed by atoms with Crippen LogP contribution in [0.15, 0.2) is 72.8 Å². The minimum atomic E-state index is -0.0180. The summed E-state index contributed by atoms with van der Waals surface area (Å²) < 4.78 is 12.8. The van der Waals surface area contributed by atoms with Crippen molar-refractivity contribution >= 4 is 5.91 Å². The highest BCUT2D eigenvalue weighted by atomic mass is 16.5. The first-order chi connectivity index (χ1) is 18.5. The molecule has 0 N–H and O–H groups in total. The predicted octanol–water partition coefficient (Wildman–Crippen LogP) is 5.13. The van der Waals surface area contributed by atoms with Crippen molar-refractivity contribution in [3.05, 3.63) is 95.2 Å². The van der Waals surface area contributed by atoms with Crippen LogP contribution in [-0.2, 0) is 6.54 Å². The molecule has 1 amide bonds. The van der Waals surface area contributed by atoms with Crippen LogP contribution in [-0.4, -0.2) is 65.9 Å². The molecule has 1 aromatic heterocycles. The maximum absolute atomic E-state index is 13.9. The quantitative estimate of drug-likeness (QED) is 0.345. The lowest BCUT2D eigenvalue weighted by molar-refractivity contribution is 0.0619. The van der Waals surface area contributed by atoms with E-state index in [9.17, 15) is 4.79 Å². The van der Waals surface area contributed by atoms with Crippen LogP contribution in [0.3, 0.4) is 0 Å². The minimum absolute atomic E-state index is 0.0180. The first-order valence-electron chi connectivity index (χ1n) is 12.9. The first kappa shape index (κ1) is 25.5. The summed E-state index contributed by atoms with van der Waals surface area (Å²) in [4.78, 5) is 18.3. The molecule has 1 fully saturated rings. The second-order valence-corrected chi connectivity index (χ2v) is 9.74. The van der Waals surface area contributed by atoms with Gasteiger partial charge in [0.25, 0.3) is 5.91 Å². The summed E-state index contributed by atoms with van der Waals surface area (Å²) in [6, 6.07) is 24.2. The second-order valence-electron chi connectivity index (χ2n) is 9.74. The number of ether oxygens (including phenoxy) is 2. The Labute approximate surface area is 224 Å². The number of benzene rings is 3. The zero-order valence-corrected chi connectivity index (χ0v) is 22.5. The van der Waals surface area contributed by atoms with Crippen LogP contribution >= 0.6 is 0 Å². The van der Waals surface area contributed by atoms with E-state index in [4.69, 9.17) is 14.6 Å². The molecule has 0 saturated carbocycles. The van der Waals surface area contributed by atoms with Crippen LogP contribution in [0.4, 0.5) is 0 Å². The van der Waals surface area contributed by atoms with E-state index in [-0.39, 0.29) is 5.91 Å². The fourth-order valence-electron chi connectivity index (χ4n) is 5.01. The molecule has 1 aliphatic heterocycles. The lowest BCUT2D eigenvalue weighted by Gasteiger charge is -2.34. The number of aromatic nitrogens is 2. The van der Waals surface area contributed by atoms with Crippen molar-refractivity contribution in [2.24, 2.45) is 0 Å². The van der Waals surface area contributed by atoms with E-state index >= 15 is 0 Å². The third-order valence-electron chi connectivity index (χ3n) is 7.10. The van der Waals surface area contributed by atoms with Gasteiger partial charge in [-0.1, -0.05) is 48.0 Å². The Morgan fingerprint density at radius 1 is 0.868 bits per heavy atom. The molecule has 7 nitrogen and oxygen atoms in total. The summed E-state index contributed by atoms with van der Waals surface area (Å²) in [5, 5.41) is 4.93. The molecule has 1 saturated heterocycles. The molecule has 5 rings (SSSR count). The number of hydrogen-bond acceptors (Lipinski definition) is 5. The number of carbonyl (C=O) groups excluding carboxylic acids is 1. The lowest BCUT2D eigenvalue weighted by Crippen LogP contribution is -2.48. The smallest absolute Gasteiger partial charge is 0.272 e. The van der Waals surface area contributed by atoms with Gasteiger partial charge in [-0.25, -0.2) is 4.68 Å². The Morgan fingerprint density at radius 2 is 1.63 bits per heavy atom. The predicted molar refractivity (Wildman–Crippen MR) is 149 cm³/mol. The van der Waals surface area contributed by atoms with Gasteiger partial charge in [0.05, 0.1) is 25.6 Å². The largest absolute Gasteiger partial charge is 0.497 e. The topological polar surface area (TPSA) is 59.8 Å². The Morgan fingerprint density at radius 3 is 2.32 bits per heavy atom. The van der Waals surface area contributed by atoms with Crippen LogP contribution in [0.5, 0.6) is 11.5 Å². The number of rotatable bonds is 7. The molecule has 7 heteroatoms. The van der Waals surface area contributed by atoms with E-state index in [1.54, 1.807) is 18.9 Å². The highest BCUT2D eigenvalue weighted by Crippen LogP contribution is 2.34. The van der Waals surface area contributed by atoms with E-state index < -0.39 is 0 Å². The maximum atomic E-state index is 13.9. The zero-order chi connectivity index (χ0) is 26.6.